The molecule has 5 rings (SSSR count). The zero-order valence-corrected chi connectivity index (χ0v) is 21.1. The van der Waals surface area contributed by atoms with E-state index >= 15 is 0 Å². The van der Waals surface area contributed by atoms with E-state index in [1.54, 1.807) is 7.11 Å². The van der Waals surface area contributed by atoms with Gasteiger partial charge in [-0.3, -0.25) is 14.5 Å². The Kier molecular flexibility index (Phi) is 7.02. The fourth-order valence-electron chi connectivity index (χ4n) is 5.87. The van der Waals surface area contributed by atoms with Crippen molar-refractivity contribution in [2.24, 2.45) is 0 Å². The topological polar surface area (TPSA) is 76.0 Å². The molecular formula is C27H38N4O4. The molecular weight excluding hydrogens is 444 g/mol. The Morgan fingerprint density at radius 3 is 2.66 bits per heavy atom. The second-order valence-electron chi connectivity index (χ2n) is 10.4. The van der Waals surface area contributed by atoms with Gasteiger partial charge in [0.1, 0.15) is 17.0 Å². The second-order valence-corrected chi connectivity index (χ2v) is 10.4. The molecule has 2 aromatic rings. The first-order valence-electron chi connectivity index (χ1n) is 13.1. The van der Waals surface area contributed by atoms with Crippen LogP contribution in [0.1, 0.15) is 55.9 Å². The van der Waals surface area contributed by atoms with Gasteiger partial charge < -0.3 is 24.3 Å². The second kappa shape index (κ2) is 10.2. The highest BCUT2D eigenvalue weighted by Crippen LogP contribution is 2.34. The number of amides is 2. The third-order valence-electron chi connectivity index (χ3n) is 8.03. The number of fused-ring (bicyclic) bond motifs is 3. The Balaban J connectivity index is 1.43. The van der Waals surface area contributed by atoms with E-state index in [1.807, 2.05) is 40.7 Å². The first-order chi connectivity index (χ1) is 17.0. The van der Waals surface area contributed by atoms with Crippen molar-refractivity contribution >= 4 is 22.7 Å². The van der Waals surface area contributed by atoms with Crippen LogP contribution in [0.4, 0.5) is 0 Å². The van der Waals surface area contributed by atoms with Crippen LogP contribution in [0.25, 0.3) is 10.9 Å². The van der Waals surface area contributed by atoms with Crippen LogP contribution < -0.4 is 10.1 Å². The Bertz CT molecular complexity index is 1070. The van der Waals surface area contributed by atoms with Gasteiger partial charge in [0.05, 0.1) is 32.4 Å². The molecule has 1 aromatic carbocycles. The van der Waals surface area contributed by atoms with Crippen LogP contribution in [0.2, 0.25) is 0 Å². The molecule has 3 heterocycles. The van der Waals surface area contributed by atoms with Crippen molar-refractivity contribution in [3.05, 3.63) is 30.0 Å². The SMILES string of the molecule is COc1ccc2cc3n(c2c1)C[C@@](C)(C(=O)NC1CCCCC1)N(CCCN1CCOCC1)C3=O. The highest BCUT2D eigenvalue weighted by Gasteiger charge is 2.48. The number of hydrogen-bond donors (Lipinski definition) is 1. The van der Waals surface area contributed by atoms with Gasteiger partial charge in [-0.05, 0) is 44.4 Å². The van der Waals surface area contributed by atoms with Gasteiger partial charge in [0.2, 0.25) is 5.91 Å². The van der Waals surface area contributed by atoms with Crippen molar-refractivity contribution in [3.63, 3.8) is 0 Å². The van der Waals surface area contributed by atoms with Crippen LogP contribution in [0.5, 0.6) is 5.75 Å². The quantitative estimate of drug-likeness (QED) is 0.657. The van der Waals surface area contributed by atoms with Crippen molar-refractivity contribution in [3.8, 4) is 5.75 Å². The molecule has 2 fully saturated rings. The summed E-state index contributed by atoms with van der Waals surface area (Å²) in [6, 6.07) is 7.99. The van der Waals surface area contributed by atoms with E-state index in [4.69, 9.17) is 9.47 Å². The largest absolute Gasteiger partial charge is 0.497 e. The molecule has 3 aliphatic rings. The molecule has 0 unspecified atom stereocenters. The average Bonchev–Trinajstić information content (AvgIpc) is 3.24. The molecule has 2 aliphatic heterocycles. The number of carbonyl (C=O) groups is 2. The first-order valence-corrected chi connectivity index (χ1v) is 13.1. The Morgan fingerprint density at radius 2 is 1.91 bits per heavy atom. The number of rotatable bonds is 7. The summed E-state index contributed by atoms with van der Waals surface area (Å²) in [5.74, 6) is 0.626. The predicted molar refractivity (Wildman–Crippen MR) is 135 cm³/mol. The minimum atomic E-state index is -0.957. The van der Waals surface area contributed by atoms with Gasteiger partial charge in [0.15, 0.2) is 0 Å². The summed E-state index contributed by atoms with van der Waals surface area (Å²) in [4.78, 5) is 31.9. The van der Waals surface area contributed by atoms with Crippen molar-refractivity contribution in [2.45, 2.75) is 63.6 Å². The van der Waals surface area contributed by atoms with Gasteiger partial charge in [0.25, 0.3) is 5.91 Å². The average molecular weight is 483 g/mol. The number of benzene rings is 1. The van der Waals surface area contributed by atoms with E-state index < -0.39 is 5.54 Å². The first kappa shape index (κ1) is 24.1. The smallest absolute Gasteiger partial charge is 0.271 e. The van der Waals surface area contributed by atoms with Crippen molar-refractivity contribution in [2.75, 3.05) is 46.5 Å². The Hall–Kier alpha value is -2.58. The van der Waals surface area contributed by atoms with Crippen LogP contribution in [-0.2, 0) is 16.1 Å². The summed E-state index contributed by atoms with van der Waals surface area (Å²) >= 11 is 0. The summed E-state index contributed by atoms with van der Waals surface area (Å²) in [7, 11) is 1.64. The lowest BCUT2D eigenvalue weighted by Crippen LogP contribution is -2.65. The highest BCUT2D eigenvalue weighted by molar-refractivity contribution is 6.03. The van der Waals surface area contributed by atoms with Crippen molar-refractivity contribution in [1.82, 2.24) is 19.7 Å². The van der Waals surface area contributed by atoms with Crippen LogP contribution in [-0.4, -0.2) is 84.3 Å². The van der Waals surface area contributed by atoms with Crippen molar-refractivity contribution in [1.29, 1.82) is 0 Å². The van der Waals surface area contributed by atoms with Crippen LogP contribution in [0, 0.1) is 0 Å². The molecule has 8 heteroatoms. The standard InChI is InChI=1S/C27H38N4O4/c1-27(26(33)28-21-7-4-3-5-8-21)19-30-23-18-22(34-2)10-9-20(23)17-24(30)25(32)31(27)12-6-11-29-13-15-35-16-14-29/h9-10,17-18,21H,3-8,11-16,19H2,1-2H3,(H,28,33)/t27-/m0/s1. The zero-order valence-electron chi connectivity index (χ0n) is 21.1. The molecule has 1 N–H and O–H groups in total. The summed E-state index contributed by atoms with van der Waals surface area (Å²) in [6.45, 7) is 7.17. The van der Waals surface area contributed by atoms with Gasteiger partial charge >= 0.3 is 0 Å². The maximum atomic E-state index is 13.9. The number of carbonyl (C=O) groups excluding carboxylic acids is 2. The third-order valence-corrected chi connectivity index (χ3v) is 8.03. The van der Waals surface area contributed by atoms with E-state index in [9.17, 15) is 9.59 Å². The monoisotopic (exact) mass is 482 g/mol. The molecule has 0 radical (unpaired) electrons. The van der Waals surface area contributed by atoms with E-state index in [2.05, 4.69) is 10.2 Å². The molecule has 1 atom stereocenters. The van der Waals surface area contributed by atoms with Gasteiger partial charge in [-0.2, -0.15) is 0 Å². The Morgan fingerprint density at radius 1 is 1.14 bits per heavy atom. The van der Waals surface area contributed by atoms with E-state index in [-0.39, 0.29) is 17.9 Å². The number of hydrogen-bond acceptors (Lipinski definition) is 5. The summed E-state index contributed by atoms with van der Waals surface area (Å²) < 4.78 is 12.9. The van der Waals surface area contributed by atoms with Crippen LogP contribution in [0.15, 0.2) is 24.3 Å². The minimum absolute atomic E-state index is 0.0421. The predicted octanol–water partition coefficient (Wildman–Crippen LogP) is 3.04. The lowest BCUT2D eigenvalue weighted by molar-refractivity contribution is -0.133. The molecule has 8 nitrogen and oxygen atoms in total. The normalized spacial score (nSPS) is 23.9. The molecule has 2 amide bonds. The fraction of sp³-hybridized carbons (Fsp3) is 0.630. The van der Waals surface area contributed by atoms with Gasteiger partial charge in [-0.25, -0.2) is 0 Å². The Labute approximate surface area is 207 Å². The fourth-order valence-corrected chi connectivity index (χ4v) is 5.87. The molecule has 1 aliphatic carbocycles. The summed E-state index contributed by atoms with van der Waals surface area (Å²) in [5.41, 5.74) is 0.613. The molecule has 1 saturated heterocycles. The van der Waals surface area contributed by atoms with Gasteiger partial charge in [-0.15, -0.1) is 0 Å². The van der Waals surface area contributed by atoms with Gasteiger partial charge in [-0.1, -0.05) is 19.3 Å². The van der Waals surface area contributed by atoms with Crippen LogP contribution >= 0.6 is 0 Å². The zero-order chi connectivity index (χ0) is 24.4. The van der Waals surface area contributed by atoms with E-state index in [0.717, 1.165) is 81.6 Å². The molecule has 0 spiro atoms. The highest BCUT2D eigenvalue weighted by atomic mass is 16.5. The van der Waals surface area contributed by atoms with Crippen LogP contribution in [0.3, 0.4) is 0 Å². The summed E-state index contributed by atoms with van der Waals surface area (Å²) in [6.07, 6.45) is 6.39. The molecule has 35 heavy (non-hydrogen) atoms. The number of aromatic nitrogens is 1. The number of morpholine rings is 1. The summed E-state index contributed by atoms with van der Waals surface area (Å²) in [5, 5.41) is 4.30. The maximum Gasteiger partial charge on any atom is 0.271 e. The van der Waals surface area contributed by atoms with Gasteiger partial charge in [0, 0.05) is 43.7 Å². The molecule has 1 saturated carbocycles. The third kappa shape index (κ3) is 4.78. The number of nitrogens with zero attached hydrogens (tertiary/aromatic N) is 3. The molecule has 190 valence electrons. The lowest BCUT2D eigenvalue weighted by Gasteiger charge is -2.45. The van der Waals surface area contributed by atoms with E-state index in [0.29, 0.717) is 18.8 Å². The number of nitrogens with one attached hydrogen (secondary N) is 1. The minimum Gasteiger partial charge on any atom is -0.497 e. The molecule has 0 bridgehead atoms. The maximum absolute atomic E-state index is 13.9. The number of ether oxygens (including phenoxy) is 2. The molecule has 1 aromatic heterocycles. The van der Waals surface area contributed by atoms with E-state index in [1.165, 1.54) is 6.42 Å². The van der Waals surface area contributed by atoms with Crippen molar-refractivity contribution < 1.29 is 19.1 Å². The number of methoxy groups -OCH3 is 1. The lowest BCUT2D eigenvalue weighted by atomic mass is 9.91.